The quantitative estimate of drug-likeness (QED) is 0.891. The molecule has 3 heterocycles. The first-order valence-corrected chi connectivity index (χ1v) is 9.19. The fourth-order valence-corrected chi connectivity index (χ4v) is 3.42. The largest absolute Gasteiger partial charge is 0.486 e. The molecule has 1 unspecified atom stereocenters. The summed E-state index contributed by atoms with van der Waals surface area (Å²) >= 11 is 0. The van der Waals surface area contributed by atoms with Crippen molar-refractivity contribution in [2.24, 2.45) is 5.92 Å². The summed E-state index contributed by atoms with van der Waals surface area (Å²) in [6.07, 6.45) is 2.57. The Hall–Kier alpha value is -2.96. The van der Waals surface area contributed by atoms with Crippen LogP contribution in [0.2, 0.25) is 0 Å². The number of ether oxygens (including phenoxy) is 2. The Morgan fingerprint density at radius 1 is 1.07 bits per heavy atom. The number of piperidine rings is 1. The van der Waals surface area contributed by atoms with Crippen molar-refractivity contribution in [1.82, 2.24) is 10.2 Å². The molecule has 2 aliphatic heterocycles. The second kappa shape index (κ2) is 7.73. The summed E-state index contributed by atoms with van der Waals surface area (Å²) < 4.78 is 16.7. The Morgan fingerprint density at radius 3 is 2.59 bits per heavy atom. The van der Waals surface area contributed by atoms with Crippen LogP contribution in [0.5, 0.6) is 11.5 Å². The lowest BCUT2D eigenvalue weighted by molar-refractivity contribution is -0.126. The van der Waals surface area contributed by atoms with Gasteiger partial charge in [0, 0.05) is 19.0 Å². The van der Waals surface area contributed by atoms with Gasteiger partial charge in [0.15, 0.2) is 17.3 Å². The smallest absolute Gasteiger partial charge is 0.289 e. The maximum atomic E-state index is 12.5. The molecule has 0 aliphatic carbocycles. The molecule has 2 aromatic rings. The van der Waals surface area contributed by atoms with Gasteiger partial charge in [-0.25, -0.2) is 0 Å². The van der Waals surface area contributed by atoms with Crippen molar-refractivity contribution < 1.29 is 23.5 Å². The lowest BCUT2D eigenvalue weighted by Gasteiger charge is -2.31. The van der Waals surface area contributed by atoms with Gasteiger partial charge in [-0.15, -0.1) is 0 Å². The number of benzene rings is 1. The molecule has 2 aliphatic rings. The maximum absolute atomic E-state index is 12.5. The summed E-state index contributed by atoms with van der Waals surface area (Å²) in [5.74, 6) is 1.56. The van der Waals surface area contributed by atoms with E-state index in [4.69, 9.17) is 13.9 Å². The fourth-order valence-electron chi connectivity index (χ4n) is 3.42. The van der Waals surface area contributed by atoms with Crippen LogP contribution < -0.4 is 14.8 Å². The van der Waals surface area contributed by atoms with E-state index in [1.165, 1.54) is 6.26 Å². The number of rotatable bonds is 4. The van der Waals surface area contributed by atoms with Crippen LogP contribution >= 0.6 is 0 Å². The van der Waals surface area contributed by atoms with Gasteiger partial charge < -0.3 is 24.1 Å². The summed E-state index contributed by atoms with van der Waals surface area (Å²) in [5, 5.41) is 2.96. The molecular weight excluding hydrogens is 348 g/mol. The molecule has 0 saturated carbocycles. The van der Waals surface area contributed by atoms with Crippen molar-refractivity contribution in [3.8, 4) is 11.5 Å². The number of amides is 2. The summed E-state index contributed by atoms with van der Waals surface area (Å²) in [6, 6.07) is 10.9. The molecule has 1 aromatic carbocycles. The number of para-hydroxylation sites is 2. The third-order valence-electron chi connectivity index (χ3n) is 4.96. The van der Waals surface area contributed by atoms with E-state index in [2.05, 4.69) is 5.32 Å². The predicted octanol–water partition coefficient (Wildman–Crippen LogP) is 2.09. The Kier molecular flexibility index (Phi) is 5.00. The van der Waals surface area contributed by atoms with Crippen LogP contribution in [0.1, 0.15) is 23.4 Å². The van der Waals surface area contributed by atoms with Crippen molar-refractivity contribution in [3.63, 3.8) is 0 Å². The number of carbonyl (C=O) groups is 2. The maximum Gasteiger partial charge on any atom is 0.289 e. The van der Waals surface area contributed by atoms with Gasteiger partial charge >= 0.3 is 0 Å². The highest BCUT2D eigenvalue weighted by atomic mass is 16.6. The molecule has 4 rings (SSSR count). The number of hydrogen-bond donors (Lipinski definition) is 1. The minimum atomic E-state index is -0.204. The highest BCUT2D eigenvalue weighted by Crippen LogP contribution is 2.30. The van der Waals surface area contributed by atoms with Crippen molar-refractivity contribution in [1.29, 1.82) is 0 Å². The van der Waals surface area contributed by atoms with Gasteiger partial charge in [-0.05, 0) is 37.1 Å². The van der Waals surface area contributed by atoms with Crippen molar-refractivity contribution >= 4 is 11.8 Å². The Labute approximate surface area is 157 Å². The number of fused-ring (bicyclic) bond motifs is 1. The number of likely N-dealkylation sites (tertiary alicyclic amines) is 1. The zero-order valence-electron chi connectivity index (χ0n) is 14.9. The van der Waals surface area contributed by atoms with E-state index in [1.807, 2.05) is 24.3 Å². The Morgan fingerprint density at radius 2 is 1.85 bits per heavy atom. The third-order valence-corrected chi connectivity index (χ3v) is 4.96. The SMILES string of the molecule is O=C(NCC1COc2ccccc2O1)C1CCN(C(=O)c2ccco2)CC1. The monoisotopic (exact) mass is 370 g/mol. The van der Waals surface area contributed by atoms with E-state index >= 15 is 0 Å². The number of furan rings is 1. The summed E-state index contributed by atoms with van der Waals surface area (Å²) in [7, 11) is 0. The van der Waals surface area contributed by atoms with Gasteiger partial charge in [-0.3, -0.25) is 9.59 Å². The van der Waals surface area contributed by atoms with Crippen LogP contribution in [0.25, 0.3) is 0 Å². The molecule has 7 nitrogen and oxygen atoms in total. The standard InChI is InChI=1S/C20H22N2O5/c23-19(21-12-15-13-26-16-4-1-2-5-17(16)27-15)14-7-9-22(10-8-14)20(24)18-6-3-11-25-18/h1-6,11,14-15H,7-10,12-13H2,(H,21,23). The topological polar surface area (TPSA) is 81.0 Å². The first-order valence-electron chi connectivity index (χ1n) is 9.19. The molecule has 1 N–H and O–H groups in total. The van der Waals surface area contributed by atoms with Gasteiger partial charge in [-0.1, -0.05) is 12.1 Å². The van der Waals surface area contributed by atoms with Crippen molar-refractivity contribution in [2.75, 3.05) is 26.2 Å². The van der Waals surface area contributed by atoms with Crippen LogP contribution in [0.3, 0.4) is 0 Å². The minimum Gasteiger partial charge on any atom is -0.486 e. The fraction of sp³-hybridized carbons (Fsp3) is 0.400. The second-order valence-electron chi connectivity index (χ2n) is 6.79. The average Bonchev–Trinajstić information content (AvgIpc) is 3.26. The molecule has 0 spiro atoms. The molecule has 0 bridgehead atoms. The molecule has 1 atom stereocenters. The van der Waals surface area contributed by atoms with Crippen LogP contribution in [-0.2, 0) is 4.79 Å². The van der Waals surface area contributed by atoms with Gasteiger partial charge in [0.05, 0.1) is 12.8 Å². The van der Waals surface area contributed by atoms with E-state index < -0.39 is 0 Å². The van der Waals surface area contributed by atoms with Gasteiger partial charge in [0.25, 0.3) is 5.91 Å². The molecule has 1 aromatic heterocycles. The second-order valence-corrected chi connectivity index (χ2v) is 6.79. The molecule has 0 radical (unpaired) electrons. The third kappa shape index (κ3) is 3.92. The minimum absolute atomic E-state index is 0.00237. The summed E-state index contributed by atoms with van der Waals surface area (Å²) in [6.45, 7) is 1.91. The first-order chi connectivity index (χ1) is 13.2. The first kappa shape index (κ1) is 17.5. The normalized spacial score (nSPS) is 19.6. The van der Waals surface area contributed by atoms with E-state index in [0.29, 0.717) is 50.6 Å². The Balaban J connectivity index is 1.23. The van der Waals surface area contributed by atoms with E-state index in [1.54, 1.807) is 17.0 Å². The highest BCUT2D eigenvalue weighted by molar-refractivity contribution is 5.91. The van der Waals surface area contributed by atoms with E-state index in [-0.39, 0.29) is 23.8 Å². The zero-order valence-corrected chi connectivity index (χ0v) is 14.9. The lowest BCUT2D eigenvalue weighted by Crippen LogP contribution is -2.46. The number of nitrogens with one attached hydrogen (secondary N) is 1. The summed E-state index contributed by atoms with van der Waals surface area (Å²) in [4.78, 5) is 26.5. The molecule has 27 heavy (non-hydrogen) atoms. The molecule has 7 heteroatoms. The zero-order chi connectivity index (χ0) is 18.6. The lowest BCUT2D eigenvalue weighted by atomic mass is 9.95. The van der Waals surface area contributed by atoms with E-state index in [0.717, 1.165) is 5.75 Å². The van der Waals surface area contributed by atoms with Gasteiger partial charge in [0.2, 0.25) is 5.91 Å². The molecule has 142 valence electrons. The van der Waals surface area contributed by atoms with Gasteiger partial charge in [-0.2, -0.15) is 0 Å². The van der Waals surface area contributed by atoms with Crippen molar-refractivity contribution in [3.05, 3.63) is 48.4 Å². The number of nitrogens with zero attached hydrogens (tertiary/aromatic N) is 1. The highest BCUT2D eigenvalue weighted by Gasteiger charge is 2.29. The average molecular weight is 370 g/mol. The predicted molar refractivity (Wildman–Crippen MR) is 96.7 cm³/mol. The van der Waals surface area contributed by atoms with Crippen molar-refractivity contribution in [2.45, 2.75) is 18.9 Å². The molecule has 1 saturated heterocycles. The summed E-state index contributed by atoms with van der Waals surface area (Å²) in [5.41, 5.74) is 0. The van der Waals surface area contributed by atoms with E-state index in [9.17, 15) is 9.59 Å². The molecular formula is C20H22N2O5. The van der Waals surface area contributed by atoms with Crippen LogP contribution in [0.4, 0.5) is 0 Å². The van der Waals surface area contributed by atoms with Crippen LogP contribution in [0.15, 0.2) is 47.1 Å². The van der Waals surface area contributed by atoms with Crippen LogP contribution in [0, 0.1) is 5.92 Å². The molecule has 2 amide bonds. The van der Waals surface area contributed by atoms with Gasteiger partial charge in [0.1, 0.15) is 12.7 Å². The number of carbonyl (C=O) groups excluding carboxylic acids is 2. The number of hydrogen-bond acceptors (Lipinski definition) is 5. The Bertz CT molecular complexity index is 796. The van der Waals surface area contributed by atoms with Crippen LogP contribution in [-0.4, -0.2) is 49.1 Å². The molecule has 1 fully saturated rings.